The fraction of sp³-hybridized carbons (Fsp3) is 0.211. The number of aryl methyl sites for hydroxylation is 1. The Bertz CT molecular complexity index is 809. The Labute approximate surface area is 155 Å². The summed E-state index contributed by atoms with van der Waals surface area (Å²) in [6.07, 6.45) is -0.00325. The molecule has 0 atom stereocenters. The van der Waals surface area contributed by atoms with E-state index < -0.39 is 17.6 Å². The number of carbonyl (C=O) groups is 3. The number of ether oxygens (including phenoxy) is 1. The Morgan fingerprint density at radius 1 is 0.963 bits per heavy atom. The van der Waals surface area contributed by atoms with Crippen LogP contribution in [0.1, 0.15) is 22.3 Å². The minimum absolute atomic E-state index is 0.00325. The number of benzene rings is 2. The molecule has 0 saturated carbocycles. The molecule has 3 N–H and O–H groups in total. The molecule has 0 fully saturated rings. The number of hydrogen-bond acceptors (Lipinski definition) is 4. The molecule has 0 saturated heterocycles. The van der Waals surface area contributed by atoms with Crippen molar-refractivity contribution in [3.8, 4) is 5.75 Å². The van der Waals surface area contributed by atoms with Gasteiger partial charge in [-0.25, -0.2) is 4.39 Å². The van der Waals surface area contributed by atoms with Gasteiger partial charge in [0.05, 0.1) is 0 Å². The normalized spacial score (nSPS) is 10.0. The molecular formula is C19H20FN3O4. The van der Waals surface area contributed by atoms with Crippen LogP contribution in [-0.4, -0.2) is 30.9 Å². The molecule has 2 rings (SSSR count). The van der Waals surface area contributed by atoms with Crippen molar-refractivity contribution in [2.24, 2.45) is 0 Å². The number of hydrogen-bond donors (Lipinski definition) is 3. The molecule has 0 aliphatic carbocycles. The van der Waals surface area contributed by atoms with Crippen LogP contribution < -0.4 is 20.9 Å². The summed E-state index contributed by atoms with van der Waals surface area (Å²) in [7, 11) is 0. The number of halogens is 1. The molecule has 142 valence electrons. The summed E-state index contributed by atoms with van der Waals surface area (Å²) >= 11 is 0. The maximum absolute atomic E-state index is 12.8. The monoisotopic (exact) mass is 373 g/mol. The van der Waals surface area contributed by atoms with E-state index in [0.29, 0.717) is 11.3 Å². The first kappa shape index (κ1) is 19.9. The largest absolute Gasteiger partial charge is 0.484 e. The van der Waals surface area contributed by atoms with Gasteiger partial charge in [0.15, 0.2) is 6.61 Å². The SMILES string of the molecule is Cc1ccccc1C(=O)NCCC(=O)NNC(=O)COc1ccc(F)cc1. The molecule has 2 aromatic rings. The Morgan fingerprint density at radius 3 is 2.33 bits per heavy atom. The first-order chi connectivity index (χ1) is 13.0. The molecule has 7 nitrogen and oxygen atoms in total. The lowest BCUT2D eigenvalue weighted by Crippen LogP contribution is -2.44. The zero-order valence-electron chi connectivity index (χ0n) is 14.8. The molecule has 0 aromatic heterocycles. The Kier molecular flexibility index (Phi) is 7.30. The van der Waals surface area contributed by atoms with E-state index in [0.717, 1.165) is 5.56 Å². The second-order valence-corrected chi connectivity index (χ2v) is 5.66. The van der Waals surface area contributed by atoms with Crippen LogP contribution in [0, 0.1) is 12.7 Å². The van der Waals surface area contributed by atoms with Crippen molar-refractivity contribution in [1.82, 2.24) is 16.2 Å². The van der Waals surface area contributed by atoms with Gasteiger partial charge in [-0.2, -0.15) is 0 Å². The third-order valence-electron chi connectivity index (χ3n) is 3.55. The van der Waals surface area contributed by atoms with Crippen molar-refractivity contribution in [3.63, 3.8) is 0 Å². The number of amides is 3. The quantitative estimate of drug-likeness (QED) is 0.641. The molecule has 0 bridgehead atoms. The maximum atomic E-state index is 12.8. The average molecular weight is 373 g/mol. The van der Waals surface area contributed by atoms with Gasteiger partial charge in [-0.15, -0.1) is 0 Å². The van der Waals surface area contributed by atoms with Crippen molar-refractivity contribution in [2.45, 2.75) is 13.3 Å². The van der Waals surface area contributed by atoms with Crippen LogP contribution in [0.25, 0.3) is 0 Å². The molecule has 0 aliphatic rings. The summed E-state index contributed by atoms with van der Waals surface area (Å²) < 4.78 is 17.9. The van der Waals surface area contributed by atoms with Crippen molar-refractivity contribution >= 4 is 17.7 Å². The lowest BCUT2D eigenvalue weighted by molar-refractivity contribution is -0.129. The van der Waals surface area contributed by atoms with Crippen LogP contribution in [0.15, 0.2) is 48.5 Å². The number of hydrazine groups is 1. The van der Waals surface area contributed by atoms with Gasteiger partial charge in [-0.3, -0.25) is 25.2 Å². The highest BCUT2D eigenvalue weighted by molar-refractivity contribution is 5.95. The van der Waals surface area contributed by atoms with Gasteiger partial charge >= 0.3 is 0 Å². The number of carbonyl (C=O) groups excluding carboxylic acids is 3. The predicted octanol–water partition coefficient (Wildman–Crippen LogP) is 1.48. The zero-order chi connectivity index (χ0) is 19.6. The second-order valence-electron chi connectivity index (χ2n) is 5.66. The van der Waals surface area contributed by atoms with E-state index in [1.54, 1.807) is 12.1 Å². The van der Waals surface area contributed by atoms with E-state index in [2.05, 4.69) is 16.2 Å². The molecule has 0 spiro atoms. The van der Waals surface area contributed by atoms with Gasteiger partial charge in [-0.1, -0.05) is 18.2 Å². The van der Waals surface area contributed by atoms with Crippen molar-refractivity contribution in [2.75, 3.05) is 13.2 Å². The van der Waals surface area contributed by atoms with Crippen LogP contribution in [0.4, 0.5) is 4.39 Å². The van der Waals surface area contributed by atoms with Gasteiger partial charge in [0, 0.05) is 18.5 Å². The minimum atomic E-state index is -0.573. The second kappa shape index (κ2) is 9.91. The van der Waals surface area contributed by atoms with Gasteiger partial charge < -0.3 is 10.1 Å². The van der Waals surface area contributed by atoms with E-state index in [9.17, 15) is 18.8 Å². The molecule has 3 amide bonds. The van der Waals surface area contributed by atoms with Crippen LogP contribution in [0.5, 0.6) is 5.75 Å². The Hall–Kier alpha value is -3.42. The molecule has 2 aromatic carbocycles. The van der Waals surface area contributed by atoms with Crippen molar-refractivity contribution in [3.05, 3.63) is 65.5 Å². The lowest BCUT2D eigenvalue weighted by atomic mass is 10.1. The van der Waals surface area contributed by atoms with Crippen LogP contribution in [0.3, 0.4) is 0 Å². The standard InChI is InChI=1S/C19H20FN3O4/c1-13-4-2-3-5-16(13)19(26)21-11-10-17(24)22-23-18(25)12-27-15-8-6-14(20)7-9-15/h2-9H,10-12H2,1H3,(H,21,26)(H,22,24)(H,23,25). The van der Waals surface area contributed by atoms with Crippen LogP contribution in [0.2, 0.25) is 0 Å². The predicted molar refractivity (Wildman–Crippen MR) is 96.3 cm³/mol. The lowest BCUT2D eigenvalue weighted by Gasteiger charge is -2.10. The topological polar surface area (TPSA) is 96.5 Å². The summed E-state index contributed by atoms with van der Waals surface area (Å²) in [4.78, 5) is 35.3. The summed E-state index contributed by atoms with van der Waals surface area (Å²) in [5.74, 6) is -1.38. The highest BCUT2D eigenvalue weighted by atomic mass is 19.1. The molecule has 8 heteroatoms. The molecule has 27 heavy (non-hydrogen) atoms. The van der Waals surface area contributed by atoms with E-state index in [4.69, 9.17) is 4.74 Å². The fourth-order valence-electron chi connectivity index (χ4n) is 2.13. The molecule has 0 heterocycles. The van der Waals surface area contributed by atoms with E-state index in [-0.39, 0.29) is 25.5 Å². The van der Waals surface area contributed by atoms with Crippen molar-refractivity contribution in [1.29, 1.82) is 0 Å². The van der Waals surface area contributed by atoms with Crippen LogP contribution >= 0.6 is 0 Å². The molecule has 0 unspecified atom stereocenters. The van der Waals surface area contributed by atoms with Crippen LogP contribution in [-0.2, 0) is 9.59 Å². The molecule has 0 radical (unpaired) electrons. The van der Waals surface area contributed by atoms with Gasteiger partial charge in [0.25, 0.3) is 11.8 Å². The number of rotatable bonds is 7. The first-order valence-corrected chi connectivity index (χ1v) is 8.25. The fourth-order valence-corrected chi connectivity index (χ4v) is 2.13. The number of nitrogens with one attached hydrogen (secondary N) is 3. The summed E-state index contributed by atoms with van der Waals surface area (Å²) in [6.45, 7) is 1.61. The molecule has 0 aliphatic heterocycles. The minimum Gasteiger partial charge on any atom is -0.484 e. The average Bonchev–Trinajstić information content (AvgIpc) is 2.66. The van der Waals surface area contributed by atoms with E-state index in [1.807, 2.05) is 19.1 Å². The van der Waals surface area contributed by atoms with Gasteiger partial charge in [0.2, 0.25) is 5.91 Å². The molecular weight excluding hydrogens is 353 g/mol. The Balaban J connectivity index is 1.62. The third kappa shape index (κ3) is 6.77. The first-order valence-electron chi connectivity index (χ1n) is 8.25. The Morgan fingerprint density at radius 2 is 1.63 bits per heavy atom. The highest BCUT2D eigenvalue weighted by Crippen LogP contribution is 2.10. The maximum Gasteiger partial charge on any atom is 0.276 e. The third-order valence-corrected chi connectivity index (χ3v) is 3.55. The summed E-state index contributed by atoms with van der Waals surface area (Å²) in [5.41, 5.74) is 5.80. The zero-order valence-corrected chi connectivity index (χ0v) is 14.8. The van der Waals surface area contributed by atoms with E-state index in [1.165, 1.54) is 24.3 Å². The van der Waals surface area contributed by atoms with E-state index >= 15 is 0 Å². The van der Waals surface area contributed by atoms with Crippen molar-refractivity contribution < 1.29 is 23.5 Å². The van der Waals surface area contributed by atoms with Gasteiger partial charge in [-0.05, 0) is 42.8 Å². The smallest absolute Gasteiger partial charge is 0.276 e. The summed E-state index contributed by atoms with van der Waals surface area (Å²) in [5, 5.41) is 2.64. The highest BCUT2D eigenvalue weighted by Gasteiger charge is 2.09. The van der Waals surface area contributed by atoms with Gasteiger partial charge in [0.1, 0.15) is 11.6 Å². The summed E-state index contributed by atoms with van der Waals surface area (Å²) in [6, 6.07) is 12.3.